The molecule has 0 saturated carbocycles. The topological polar surface area (TPSA) is 94.7 Å². The Morgan fingerprint density at radius 1 is 1.28 bits per heavy atom. The van der Waals surface area contributed by atoms with E-state index in [0.29, 0.717) is 34.0 Å². The smallest absolute Gasteiger partial charge is 0.339 e. The lowest BCUT2D eigenvalue weighted by molar-refractivity contribution is -0.152. The molecule has 29 heavy (non-hydrogen) atoms. The van der Waals surface area contributed by atoms with Crippen molar-refractivity contribution in [1.29, 1.82) is 0 Å². The van der Waals surface area contributed by atoms with Crippen LogP contribution in [0, 0.1) is 19.8 Å². The largest absolute Gasteiger partial charge is 0.492 e. The Balaban J connectivity index is 1.70. The van der Waals surface area contributed by atoms with Gasteiger partial charge < -0.3 is 19.2 Å². The first-order valence-corrected chi connectivity index (χ1v) is 9.54. The van der Waals surface area contributed by atoms with Crippen LogP contribution < -0.4 is 4.74 Å². The van der Waals surface area contributed by atoms with Crippen molar-refractivity contribution in [3.05, 3.63) is 51.3 Å². The van der Waals surface area contributed by atoms with Crippen LogP contribution in [-0.2, 0) is 20.7 Å². The number of nitrogens with one attached hydrogen (secondary N) is 1. The lowest BCUT2D eigenvalue weighted by Crippen LogP contribution is -2.34. The predicted molar refractivity (Wildman–Crippen MR) is 106 cm³/mol. The van der Waals surface area contributed by atoms with Crippen LogP contribution in [0.15, 0.2) is 18.2 Å². The Bertz CT molecular complexity index is 980. The van der Waals surface area contributed by atoms with Crippen LogP contribution in [0.1, 0.15) is 44.6 Å². The number of hydrogen-bond acceptors (Lipinski definition) is 6. The maximum absolute atomic E-state index is 12.8. The van der Waals surface area contributed by atoms with Crippen molar-refractivity contribution in [2.75, 3.05) is 13.7 Å². The molecule has 0 bridgehead atoms. The molecule has 0 radical (unpaired) electrons. The van der Waals surface area contributed by atoms with Gasteiger partial charge in [-0.1, -0.05) is 11.6 Å². The molecule has 0 saturated heterocycles. The number of fused-ring (bicyclic) bond motifs is 1. The summed E-state index contributed by atoms with van der Waals surface area (Å²) in [6, 6.07) is 5.24. The van der Waals surface area contributed by atoms with Crippen LogP contribution in [0.2, 0.25) is 5.02 Å². The Kier molecular flexibility index (Phi) is 5.98. The van der Waals surface area contributed by atoms with Gasteiger partial charge in [-0.3, -0.25) is 9.59 Å². The third kappa shape index (κ3) is 4.15. The van der Waals surface area contributed by atoms with E-state index in [-0.39, 0.29) is 12.3 Å². The highest BCUT2D eigenvalue weighted by molar-refractivity contribution is 6.30. The number of hydrogen-bond donors (Lipinski definition) is 1. The minimum absolute atomic E-state index is 0.168. The maximum Gasteiger partial charge on any atom is 0.339 e. The first-order valence-electron chi connectivity index (χ1n) is 9.16. The van der Waals surface area contributed by atoms with Gasteiger partial charge in [-0.25, -0.2) is 4.79 Å². The molecule has 1 aromatic heterocycles. The molecule has 7 nitrogen and oxygen atoms in total. The highest BCUT2D eigenvalue weighted by Crippen LogP contribution is 2.30. The van der Waals surface area contributed by atoms with Crippen LogP contribution in [0.5, 0.6) is 5.75 Å². The number of aromatic amines is 1. The number of carbonyl (C=O) groups excluding carboxylic acids is 3. The molecule has 154 valence electrons. The quantitative estimate of drug-likeness (QED) is 0.589. The van der Waals surface area contributed by atoms with Gasteiger partial charge in [-0.2, -0.15) is 0 Å². The van der Waals surface area contributed by atoms with E-state index in [1.165, 1.54) is 14.0 Å². The monoisotopic (exact) mass is 419 g/mol. The zero-order chi connectivity index (χ0) is 21.3. The van der Waals surface area contributed by atoms with Crippen molar-refractivity contribution in [3.63, 3.8) is 0 Å². The van der Waals surface area contributed by atoms with Gasteiger partial charge in [0, 0.05) is 10.7 Å². The predicted octanol–water partition coefficient (Wildman–Crippen LogP) is 3.44. The SMILES string of the molecule is COC(=O)c1c(C)[nH]c(C(=O)C(C)OC(=O)C2COc3ccc(Cl)cc3C2)c1C. The molecule has 1 aliphatic rings. The number of aromatic nitrogens is 1. The van der Waals surface area contributed by atoms with Crippen LogP contribution in [0.25, 0.3) is 0 Å². The first kappa shape index (κ1) is 20.9. The molecule has 0 amide bonds. The molecule has 3 rings (SSSR count). The van der Waals surface area contributed by atoms with Gasteiger partial charge >= 0.3 is 11.9 Å². The van der Waals surface area contributed by atoms with Crippen molar-refractivity contribution in [3.8, 4) is 5.75 Å². The third-order valence-electron chi connectivity index (χ3n) is 5.00. The second-order valence-electron chi connectivity index (χ2n) is 7.02. The van der Waals surface area contributed by atoms with Crippen molar-refractivity contribution >= 4 is 29.3 Å². The fourth-order valence-electron chi connectivity index (χ4n) is 3.45. The minimum atomic E-state index is -1.02. The molecule has 1 aliphatic heterocycles. The van der Waals surface area contributed by atoms with Gasteiger partial charge in [-0.05, 0) is 56.5 Å². The average Bonchev–Trinajstić information content (AvgIpc) is 3.00. The van der Waals surface area contributed by atoms with Gasteiger partial charge in [0.15, 0.2) is 6.10 Å². The van der Waals surface area contributed by atoms with Crippen molar-refractivity contribution in [1.82, 2.24) is 4.98 Å². The number of ketones is 1. The standard InChI is InChI=1S/C21H22ClNO6/c1-10-17(21(26)27-4)11(2)23-18(10)19(24)12(3)29-20(25)14-7-13-8-15(22)5-6-16(13)28-9-14/h5-6,8,12,14,23H,7,9H2,1-4H3. The Labute approximate surface area is 173 Å². The number of methoxy groups -OCH3 is 1. The van der Waals surface area contributed by atoms with Crippen molar-refractivity contribution in [2.24, 2.45) is 5.92 Å². The molecular formula is C21H22ClNO6. The number of halogens is 1. The average molecular weight is 420 g/mol. The summed E-state index contributed by atoms with van der Waals surface area (Å²) >= 11 is 6.01. The van der Waals surface area contributed by atoms with Crippen LogP contribution in [-0.4, -0.2) is 42.5 Å². The Morgan fingerprint density at radius 3 is 2.69 bits per heavy atom. The molecule has 2 aromatic rings. The molecule has 2 heterocycles. The summed E-state index contributed by atoms with van der Waals surface area (Å²) in [5.41, 5.74) is 2.34. The van der Waals surface area contributed by atoms with E-state index in [1.807, 2.05) is 0 Å². The molecule has 0 spiro atoms. The maximum atomic E-state index is 12.8. The van der Waals surface area contributed by atoms with Crippen molar-refractivity contribution in [2.45, 2.75) is 33.3 Å². The summed E-state index contributed by atoms with van der Waals surface area (Å²) in [5, 5.41) is 0.559. The van der Waals surface area contributed by atoms with E-state index in [2.05, 4.69) is 4.98 Å². The lowest BCUT2D eigenvalue weighted by atomic mass is 9.97. The summed E-state index contributed by atoms with van der Waals surface area (Å²) in [4.78, 5) is 40.2. The van der Waals surface area contributed by atoms with E-state index in [4.69, 9.17) is 25.8 Å². The number of H-pyrrole nitrogens is 1. The van der Waals surface area contributed by atoms with Gasteiger partial charge in [0.05, 0.1) is 24.3 Å². The normalized spacial score (nSPS) is 16.4. The summed E-state index contributed by atoms with van der Waals surface area (Å²) in [6.45, 7) is 4.99. The van der Waals surface area contributed by atoms with E-state index in [1.54, 1.807) is 32.0 Å². The molecule has 1 aromatic carbocycles. The number of ether oxygens (including phenoxy) is 3. The third-order valence-corrected chi connectivity index (χ3v) is 5.23. The summed E-state index contributed by atoms with van der Waals surface area (Å²) in [5.74, 6) is -1.32. The summed E-state index contributed by atoms with van der Waals surface area (Å²) < 4.78 is 15.8. The molecule has 0 aliphatic carbocycles. The summed E-state index contributed by atoms with van der Waals surface area (Å²) in [7, 11) is 1.28. The second kappa shape index (κ2) is 8.29. The number of rotatable bonds is 5. The number of carbonyl (C=O) groups is 3. The van der Waals surface area contributed by atoms with Gasteiger partial charge in [0.2, 0.25) is 5.78 Å². The molecule has 8 heteroatoms. The molecule has 0 fully saturated rings. The van der Waals surface area contributed by atoms with E-state index in [9.17, 15) is 14.4 Å². The van der Waals surface area contributed by atoms with Gasteiger partial charge in [0.25, 0.3) is 0 Å². The Hall–Kier alpha value is -2.80. The number of aryl methyl sites for hydroxylation is 1. The molecule has 1 N–H and O–H groups in total. The zero-order valence-electron chi connectivity index (χ0n) is 16.6. The van der Waals surface area contributed by atoms with Gasteiger partial charge in [-0.15, -0.1) is 0 Å². The fraction of sp³-hybridized carbons (Fsp3) is 0.381. The fourth-order valence-corrected chi connectivity index (χ4v) is 3.64. The van der Waals surface area contributed by atoms with Crippen LogP contribution in [0.4, 0.5) is 0 Å². The van der Waals surface area contributed by atoms with Crippen LogP contribution >= 0.6 is 11.6 Å². The highest BCUT2D eigenvalue weighted by atomic mass is 35.5. The van der Waals surface area contributed by atoms with E-state index in [0.717, 1.165) is 5.56 Å². The number of Topliss-reactive ketones (excluding diaryl/α,β-unsaturated/α-hetero) is 1. The summed E-state index contributed by atoms with van der Waals surface area (Å²) in [6.07, 6.45) is -0.603. The highest BCUT2D eigenvalue weighted by Gasteiger charge is 2.32. The van der Waals surface area contributed by atoms with E-state index < -0.39 is 29.7 Å². The van der Waals surface area contributed by atoms with Gasteiger partial charge in [0.1, 0.15) is 12.4 Å². The lowest BCUT2D eigenvalue weighted by Gasteiger charge is -2.25. The second-order valence-corrected chi connectivity index (χ2v) is 7.46. The van der Waals surface area contributed by atoms with Crippen LogP contribution in [0.3, 0.4) is 0 Å². The number of benzene rings is 1. The number of esters is 2. The van der Waals surface area contributed by atoms with Crippen molar-refractivity contribution < 1.29 is 28.6 Å². The molecule has 2 atom stereocenters. The zero-order valence-corrected chi connectivity index (χ0v) is 17.4. The van der Waals surface area contributed by atoms with E-state index >= 15 is 0 Å². The molecule has 2 unspecified atom stereocenters. The first-order chi connectivity index (χ1) is 13.7. The molecular weight excluding hydrogens is 398 g/mol. The minimum Gasteiger partial charge on any atom is -0.492 e. The Morgan fingerprint density at radius 2 is 2.00 bits per heavy atom.